The highest BCUT2D eigenvalue weighted by atomic mass is 19.1. The number of anilines is 1. The maximum atomic E-state index is 14.2. The Morgan fingerprint density at radius 1 is 1.19 bits per heavy atom. The minimum atomic E-state index is -0.908. The third-order valence-electron chi connectivity index (χ3n) is 5.29. The van der Waals surface area contributed by atoms with Crippen molar-refractivity contribution in [3.05, 3.63) is 59.4 Å². The molecule has 7 nitrogen and oxygen atoms in total. The van der Waals surface area contributed by atoms with E-state index in [-0.39, 0.29) is 18.2 Å². The van der Waals surface area contributed by atoms with E-state index >= 15 is 0 Å². The molecule has 8 heteroatoms. The molecule has 1 heterocycles. The summed E-state index contributed by atoms with van der Waals surface area (Å²) in [6, 6.07) is 13.9. The van der Waals surface area contributed by atoms with Crippen LogP contribution in [0, 0.1) is 23.1 Å². The number of nitrogens with zero attached hydrogens (tertiary/aromatic N) is 3. The van der Waals surface area contributed by atoms with Crippen molar-refractivity contribution in [2.75, 3.05) is 52.4 Å². The molecule has 1 N–H and O–H groups in total. The number of hydrogen-bond acceptors (Lipinski definition) is 7. The second kappa shape index (κ2) is 11.2. The van der Waals surface area contributed by atoms with Gasteiger partial charge >= 0.3 is 0 Å². The molecule has 2 aromatic rings. The van der Waals surface area contributed by atoms with Gasteiger partial charge in [-0.1, -0.05) is 6.07 Å². The summed E-state index contributed by atoms with van der Waals surface area (Å²) in [6.07, 6.45) is -1.64. The summed E-state index contributed by atoms with van der Waals surface area (Å²) < 4.78 is 30.8. The van der Waals surface area contributed by atoms with E-state index in [9.17, 15) is 9.50 Å². The topological polar surface area (TPSA) is 78.2 Å². The van der Waals surface area contributed by atoms with Crippen LogP contribution >= 0.6 is 0 Å². The van der Waals surface area contributed by atoms with Crippen LogP contribution in [-0.2, 0) is 16.0 Å². The minimum Gasteiger partial charge on any atom is -0.494 e. The van der Waals surface area contributed by atoms with Crippen molar-refractivity contribution in [1.82, 2.24) is 4.90 Å². The van der Waals surface area contributed by atoms with E-state index in [0.717, 1.165) is 17.8 Å². The smallest absolute Gasteiger partial charge is 0.185 e. The van der Waals surface area contributed by atoms with Gasteiger partial charge in [-0.15, -0.1) is 0 Å². The molecule has 1 atom stereocenters. The SMILES string of the molecule is COc1ccc(CN(CC(O)C2OCC(CN(C)C)CO2)c2ccc(C#N)cc2)cc1F. The van der Waals surface area contributed by atoms with Crippen molar-refractivity contribution >= 4 is 5.69 Å². The molecule has 2 aromatic carbocycles. The number of hydrogen-bond donors (Lipinski definition) is 1. The molecule has 0 saturated carbocycles. The van der Waals surface area contributed by atoms with Crippen molar-refractivity contribution in [2.24, 2.45) is 5.92 Å². The fourth-order valence-corrected chi connectivity index (χ4v) is 3.75. The van der Waals surface area contributed by atoms with Crippen molar-refractivity contribution in [2.45, 2.75) is 18.9 Å². The average Bonchev–Trinajstić information content (AvgIpc) is 2.79. The Bertz CT molecular complexity index is 908. The lowest BCUT2D eigenvalue weighted by Crippen LogP contribution is -2.47. The minimum absolute atomic E-state index is 0.176. The maximum Gasteiger partial charge on any atom is 0.185 e. The molecule has 0 radical (unpaired) electrons. The monoisotopic (exact) mass is 443 g/mol. The number of aliphatic hydroxyl groups excluding tert-OH is 1. The van der Waals surface area contributed by atoms with Gasteiger partial charge in [0.1, 0.15) is 6.10 Å². The normalized spacial score (nSPS) is 19.4. The lowest BCUT2D eigenvalue weighted by Gasteiger charge is -2.35. The lowest BCUT2D eigenvalue weighted by atomic mass is 10.1. The van der Waals surface area contributed by atoms with E-state index in [1.54, 1.807) is 36.4 Å². The van der Waals surface area contributed by atoms with E-state index in [1.165, 1.54) is 13.2 Å². The van der Waals surface area contributed by atoms with Crippen LogP contribution in [0.5, 0.6) is 5.75 Å². The van der Waals surface area contributed by atoms with Gasteiger partial charge in [-0.05, 0) is 56.1 Å². The third kappa shape index (κ3) is 6.40. The van der Waals surface area contributed by atoms with Gasteiger partial charge < -0.3 is 29.1 Å². The highest BCUT2D eigenvalue weighted by Crippen LogP contribution is 2.24. The molecule has 0 spiro atoms. The second-order valence-corrected chi connectivity index (χ2v) is 8.24. The van der Waals surface area contributed by atoms with Crippen LogP contribution in [0.4, 0.5) is 10.1 Å². The Morgan fingerprint density at radius 3 is 2.44 bits per heavy atom. The third-order valence-corrected chi connectivity index (χ3v) is 5.29. The molecule has 0 aromatic heterocycles. The highest BCUT2D eigenvalue weighted by Gasteiger charge is 2.30. The predicted molar refractivity (Wildman–Crippen MR) is 119 cm³/mol. The van der Waals surface area contributed by atoms with Crippen molar-refractivity contribution in [1.29, 1.82) is 5.26 Å². The van der Waals surface area contributed by atoms with Crippen LogP contribution in [0.25, 0.3) is 0 Å². The van der Waals surface area contributed by atoms with Crippen LogP contribution in [0.15, 0.2) is 42.5 Å². The molecular formula is C24H30FN3O4. The van der Waals surface area contributed by atoms with Crippen molar-refractivity contribution < 1.29 is 23.7 Å². The van der Waals surface area contributed by atoms with E-state index in [2.05, 4.69) is 11.0 Å². The summed E-state index contributed by atoms with van der Waals surface area (Å²) in [5.41, 5.74) is 2.05. The molecule has 32 heavy (non-hydrogen) atoms. The first-order valence-corrected chi connectivity index (χ1v) is 10.5. The van der Waals surface area contributed by atoms with Gasteiger partial charge in [0, 0.05) is 31.2 Å². The largest absolute Gasteiger partial charge is 0.494 e. The van der Waals surface area contributed by atoms with Crippen LogP contribution in [0.3, 0.4) is 0 Å². The summed E-state index contributed by atoms with van der Waals surface area (Å²) >= 11 is 0. The Kier molecular flexibility index (Phi) is 8.42. The van der Waals surface area contributed by atoms with Gasteiger partial charge in [-0.25, -0.2) is 4.39 Å². The van der Waals surface area contributed by atoms with Gasteiger partial charge in [0.15, 0.2) is 17.9 Å². The number of ether oxygens (including phenoxy) is 3. The van der Waals surface area contributed by atoms with E-state index in [0.29, 0.717) is 25.3 Å². The summed E-state index contributed by atoms with van der Waals surface area (Å²) in [5.74, 6) is -0.0171. The highest BCUT2D eigenvalue weighted by molar-refractivity contribution is 5.50. The average molecular weight is 444 g/mol. The zero-order valence-corrected chi connectivity index (χ0v) is 18.7. The van der Waals surface area contributed by atoms with E-state index in [1.807, 2.05) is 19.0 Å². The van der Waals surface area contributed by atoms with E-state index < -0.39 is 18.2 Å². The number of aliphatic hydroxyl groups is 1. The Morgan fingerprint density at radius 2 is 1.88 bits per heavy atom. The Labute approximate surface area is 188 Å². The molecule has 1 saturated heterocycles. The maximum absolute atomic E-state index is 14.2. The molecule has 0 bridgehead atoms. The zero-order chi connectivity index (χ0) is 23.1. The second-order valence-electron chi connectivity index (χ2n) is 8.24. The fraction of sp³-hybridized carbons (Fsp3) is 0.458. The lowest BCUT2D eigenvalue weighted by molar-refractivity contribution is -0.238. The molecule has 1 aliphatic rings. The first kappa shape index (κ1) is 24.0. The van der Waals surface area contributed by atoms with Gasteiger partial charge in [-0.3, -0.25) is 0 Å². The van der Waals surface area contributed by atoms with E-state index in [4.69, 9.17) is 19.5 Å². The number of methoxy groups -OCH3 is 1. The quantitative estimate of drug-likeness (QED) is 0.638. The summed E-state index contributed by atoms with van der Waals surface area (Å²) in [6.45, 7) is 2.44. The zero-order valence-electron chi connectivity index (χ0n) is 18.7. The number of halogens is 1. The van der Waals surface area contributed by atoms with Crippen LogP contribution in [0.2, 0.25) is 0 Å². The fourth-order valence-electron chi connectivity index (χ4n) is 3.75. The number of benzene rings is 2. The summed E-state index contributed by atoms with van der Waals surface area (Å²) in [4.78, 5) is 3.99. The molecule has 3 rings (SSSR count). The molecule has 0 amide bonds. The van der Waals surface area contributed by atoms with Gasteiger partial charge in [-0.2, -0.15) is 5.26 Å². The standard InChI is InChI=1S/C24H30FN3O4/c1-27(2)12-19-15-31-24(32-16-19)22(29)14-28(20-7-4-17(11-26)5-8-20)13-18-6-9-23(30-3)21(25)10-18/h4-10,19,22,24,29H,12-16H2,1-3H3. The first-order valence-electron chi connectivity index (χ1n) is 10.5. The molecule has 172 valence electrons. The van der Waals surface area contributed by atoms with Crippen molar-refractivity contribution in [3.63, 3.8) is 0 Å². The Hall–Kier alpha value is -2.70. The molecule has 1 aliphatic heterocycles. The van der Waals surface area contributed by atoms with Gasteiger partial charge in [0.05, 0.1) is 32.0 Å². The number of rotatable bonds is 9. The first-order chi connectivity index (χ1) is 15.4. The van der Waals surface area contributed by atoms with Crippen LogP contribution in [0.1, 0.15) is 11.1 Å². The molecular weight excluding hydrogens is 413 g/mol. The summed E-state index contributed by atoms with van der Waals surface area (Å²) in [7, 11) is 5.42. The van der Waals surface area contributed by atoms with Crippen LogP contribution in [-0.4, -0.2) is 69.9 Å². The molecule has 0 aliphatic carbocycles. The predicted octanol–water partition coefficient (Wildman–Crippen LogP) is 2.62. The Balaban J connectivity index is 1.72. The van der Waals surface area contributed by atoms with Crippen LogP contribution < -0.4 is 9.64 Å². The number of nitriles is 1. The molecule has 1 fully saturated rings. The molecule has 1 unspecified atom stereocenters. The summed E-state index contributed by atoms with van der Waals surface area (Å²) in [5, 5.41) is 19.9. The van der Waals surface area contributed by atoms with Gasteiger partial charge in [0.25, 0.3) is 0 Å². The van der Waals surface area contributed by atoms with Gasteiger partial charge in [0.2, 0.25) is 0 Å². The van der Waals surface area contributed by atoms with Crippen molar-refractivity contribution in [3.8, 4) is 11.8 Å².